The lowest BCUT2D eigenvalue weighted by Gasteiger charge is -2.36. The average Bonchev–Trinajstić information content (AvgIpc) is 2.00. The lowest BCUT2D eigenvalue weighted by atomic mass is 9.69. The summed E-state index contributed by atoms with van der Waals surface area (Å²) in [5, 5.41) is 0. The van der Waals surface area contributed by atoms with Gasteiger partial charge in [-0.15, -0.1) is 0 Å². The van der Waals surface area contributed by atoms with E-state index in [1.807, 2.05) is 0 Å². The second-order valence-electron chi connectivity index (χ2n) is 6.59. The smallest absolute Gasteiger partial charge is 0.136 e. The Labute approximate surface area is 93.9 Å². The maximum absolute atomic E-state index is 11.2. The Morgan fingerprint density at radius 2 is 1.73 bits per heavy atom. The van der Waals surface area contributed by atoms with Crippen molar-refractivity contribution < 1.29 is 4.79 Å². The number of carbonyl (C=O) groups excluding carboxylic acids is 1. The fourth-order valence-electron chi connectivity index (χ4n) is 2.77. The van der Waals surface area contributed by atoms with Gasteiger partial charge in [0.25, 0.3) is 0 Å². The molecule has 0 aliphatic heterocycles. The van der Waals surface area contributed by atoms with Gasteiger partial charge in [0, 0.05) is 12.8 Å². The molecule has 0 N–H and O–H groups in total. The third-order valence-electron chi connectivity index (χ3n) is 3.09. The maximum Gasteiger partial charge on any atom is 0.136 e. The molecular formula is C14H24O. The van der Waals surface area contributed by atoms with E-state index in [0.29, 0.717) is 17.6 Å². The van der Waals surface area contributed by atoms with Crippen molar-refractivity contribution in [3.8, 4) is 0 Å². The van der Waals surface area contributed by atoms with Gasteiger partial charge in [0.05, 0.1) is 0 Å². The molecule has 1 rings (SSSR count). The minimum atomic E-state index is 0.249. The molecule has 0 aromatic rings. The molecule has 1 aliphatic carbocycles. The summed E-state index contributed by atoms with van der Waals surface area (Å²) in [5.74, 6) is 0.394. The van der Waals surface area contributed by atoms with Crippen LogP contribution in [0.25, 0.3) is 0 Å². The van der Waals surface area contributed by atoms with Gasteiger partial charge in [0.2, 0.25) is 0 Å². The van der Waals surface area contributed by atoms with E-state index in [-0.39, 0.29) is 5.41 Å². The quantitative estimate of drug-likeness (QED) is 0.624. The summed E-state index contributed by atoms with van der Waals surface area (Å²) in [7, 11) is 0. The standard InChI is InChI=1S/C14H24O/c1-13(2,3)10-14(4,5)11-6-8-12(15)9-7-11/h6H,7-10H2,1-5H3. The van der Waals surface area contributed by atoms with Crippen molar-refractivity contribution in [3.63, 3.8) is 0 Å². The van der Waals surface area contributed by atoms with Crippen LogP contribution in [0.15, 0.2) is 11.6 Å². The van der Waals surface area contributed by atoms with E-state index >= 15 is 0 Å². The van der Waals surface area contributed by atoms with Crippen LogP contribution in [0, 0.1) is 10.8 Å². The zero-order valence-corrected chi connectivity index (χ0v) is 10.8. The van der Waals surface area contributed by atoms with Crippen LogP contribution in [0.3, 0.4) is 0 Å². The first-order chi connectivity index (χ1) is 6.71. The second-order valence-corrected chi connectivity index (χ2v) is 6.59. The number of hydrogen-bond donors (Lipinski definition) is 0. The van der Waals surface area contributed by atoms with Crippen molar-refractivity contribution >= 4 is 5.78 Å². The van der Waals surface area contributed by atoms with Crippen LogP contribution in [0.2, 0.25) is 0 Å². The second kappa shape index (κ2) is 4.11. The summed E-state index contributed by atoms with van der Waals surface area (Å²) in [5.41, 5.74) is 2.09. The molecule has 1 aliphatic rings. The van der Waals surface area contributed by atoms with E-state index in [1.54, 1.807) is 0 Å². The summed E-state index contributed by atoms with van der Waals surface area (Å²) >= 11 is 0. The van der Waals surface area contributed by atoms with Gasteiger partial charge in [-0.1, -0.05) is 46.3 Å². The molecule has 86 valence electrons. The highest BCUT2D eigenvalue weighted by Gasteiger charge is 2.30. The predicted molar refractivity (Wildman–Crippen MR) is 64.8 cm³/mol. The van der Waals surface area contributed by atoms with Crippen LogP contribution in [-0.4, -0.2) is 5.78 Å². The van der Waals surface area contributed by atoms with Gasteiger partial charge >= 0.3 is 0 Å². The molecule has 0 bridgehead atoms. The Morgan fingerprint density at radius 1 is 1.13 bits per heavy atom. The van der Waals surface area contributed by atoms with Gasteiger partial charge in [-0.25, -0.2) is 0 Å². The molecule has 0 aromatic heterocycles. The number of rotatable bonds is 2. The fourth-order valence-corrected chi connectivity index (χ4v) is 2.77. The van der Waals surface area contributed by atoms with Gasteiger partial charge in [-0.3, -0.25) is 4.79 Å². The number of ketones is 1. The molecule has 0 heterocycles. The monoisotopic (exact) mass is 208 g/mol. The van der Waals surface area contributed by atoms with Gasteiger partial charge in [-0.05, 0) is 23.7 Å². The Hall–Kier alpha value is -0.590. The topological polar surface area (TPSA) is 17.1 Å². The zero-order chi connectivity index (χ0) is 11.7. The van der Waals surface area contributed by atoms with Gasteiger partial charge in [-0.2, -0.15) is 0 Å². The summed E-state index contributed by atoms with van der Waals surface area (Å²) < 4.78 is 0. The van der Waals surface area contributed by atoms with Crippen LogP contribution >= 0.6 is 0 Å². The number of Topliss-reactive ketones (excluding diaryl/α,β-unsaturated/α-hetero) is 1. The summed E-state index contributed by atoms with van der Waals surface area (Å²) in [6, 6.07) is 0. The van der Waals surface area contributed by atoms with E-state index in [2.05, 4.69) is 40.7 Å². The van der Waals surface area contributed by atoms with Crippen LogP contribution in [0.5, 0.6) is 0 Å². The number of allylic oxidation sites excluding steroid dienone is 2. The highest BCUT2D eigenvalue weighted by molar-refractivity contribution is 5.81. The third kappa shape index (κ3) is 3.81. The first kappa shape index (κ1) is 12.5. The first-order valence-corrected chi connectivity index (χ1v) is 5.92. The van der Waals surface area contributed by atoms with E-state index < -0.39 is 0 Å². The molecule has 0 aromatic carbocycles. The summed E-state index contributed by atoms with van der Waals surface area (Å²) in [6.45, 7) is 11.5. The van der Waals surface area contributed by atoms with Crippen LogP contribution < -0.4 is 0 Å². The Morgan fingerprint density at radius 3 is 2.13 bits per heavy atom. The lowest BCUT2D eigenvalue weighted by Crippen LogP contribution is -2.24. The fraction of sp³-hybridized carbons (Fsp3) is 0.786. The molecule has 0 unspecified atom stereocenters. The average molecular weight is 208 g/mol. The normalized spacial score (nSPS) is 19.0. The molecule has 0 spiro atoms. The van der Waals surface area contributed by atoms with E-state index in [9.17, 15) is 4.79 Å². The molecule has 1 heteroatoms. The Bertz CT molecular complexity index is 276. The molecule has 0 saturated carbocycles. The predicted octanol–water partition coefficient (Wildman–Crippen LogP) is 4.13. The molecule has 0 fully saturated rings. The molecule has 0 radical (unpaired) electrons. The van der Waals surface area contributed by atoms with E-state index in [0.717, 1.165) is 12.8 Å². The van der Waals surface area contributed by atoms with Crippen molar-refractivity contribution in [2.24, 2.45) is 10.8 Å². The third-order valence-corrected chi connectivity index (χ3v) is 3.09. The zero-order valence-electron chi connectivity index (χ0n) is 10.8. The Balaban J connectivity index is 2.73. The van der Waals surface area contributed by atoms with Crippen LogP contribution in [-0.2, 0) is 4.79 Å². The highest BCUT2D eigenvalue weighted by atomic mass is 16.1. The van der Waals surface area contributed by atoms with Crippen molar-refractivity contribution in [2.75, 3.05) is 0 Å². The molecule has 0 amide bonds. The van der Waals surface area contributed by atoms with Crippen molar-refractivity contribution in [1.29, 1.82) is 0 Å². The van der Waals surface area contributed by atoms with Gasteiger partial charge < -0.3 is 0 Å². The van der Waals surface area contributed by atoms with Gasteiger partial charge in [0.15, 0.2) is 0 Å². The van der Waals surface area contributed by atoms with Crippen molar-refractivity contribution in [1.82, 2.24) is 0 Å². The minimum absolute atomic E-state index is 0.249. The van der Waals surface area contributed by atoms with Crippen LogP contribution in [0.4, 0.5) is 0 Å². The summed E-state index contributed by atoms with van der Waals surface area (Å²) in [4.78, 5) is 11.2. The van der Waals surface area contributed by atoms with Crippen molar-refractivity contribution in [2.45, 2.75) is 60.3 Å². The molecule has 15 heavy (non-hydrogen) atoms. The SMILES string of the molecule is CC(C)(C)CC(C)(C)C1=CCC(=O)CC1. The molecular weight excluding hydrogens is 184 g/mol. The minimum Gasteiger partial charge on any atom is -0.299 e. The molecule has 1 nitrogen and oxygen atoms in total. The van der Waals surface area contributed by atoms with Crippen molar-refractivity contribution in [3.05, 3.63) is 11.6 Å². The van der Waals surface area contributed by atoms with Gasteiger partial charge in [0.1, 0.15) is 5.78 Å². The lowest BCUT2D eigenvalue weighted by molar-refractivity contribution is -0.118. The number of carbonyl (C=O) groups is 1. The first-order valence-electron chi connectivity index (χ1n) is 5.92. The highest BCUT2D eigenvalue weighted by Crippen LogP contribution is 2.41. The largest absolute Gasteiger partial charge is 0.299 e. The summed E-state index contributed by atoms with van der Waals surface area (Å²) in [6.07, 6.45) is 5.72. The number of hydrogen-bond acceptors (Lipinski definition) is 1. The molecule has 0 saturated heterocycles. The molecule has 0 atom stereocenters. The van der Waals surface area contributed by atoms with Crippen LogP contribution in [0.1, 0.15) is 60.3 Å². The Kier molecular flexibility index (Phi) is 3.42. The van der Waals surface area contributed by atoms with E-state index in [4.69, 9.17) is 0 Å². The van der Waals surface area contributed by atoms with E-state index in [1.165, 1.54) is 12.0 Å². The maximum atomic E-state index is 11.2.